The summed E-state index contributed by atoms with van der Waals surface area (Å²) in [5.74, 6) is 0.708. The first-order valence-electron chi connectivity index (χ1n) is 5.60. The van der Waals surface area contributed by atoms with Gasteiger partial charge in [-0.2, -0.15) is 0 Å². The summed E-state index contributed by atoms with van der Waals surface area (Å²) in [5.41, 5.74) is 0. The van der Waals surface area contributed by atoms with E-state index >= 15 is 0 Å². The largest absolute Gasteiger partial charge is 0.338 e. The zero-order valence-electron chi connectivity index (χ0n) is 8.59. The molecule has 80 valence electrons. The molecule has 14 heavy (non-hydrogen) atoms. The average Bonchev–Trinajstić information content (AvgIpc) is 2.23. The van der Waals surface area contributed by atoms with Crippen LogP contribution in [0.2, 0.25) is 0 Å². The van der Waals surface area contributed by atoms with Gasteiger partial charge in [0.15, 0.2) is 0 Å². The van der Waals surface area contributed by atoms with Gasteiger partial charge in [-0.25, -0.2) is 4.79 Å². The minimum absolute atomic E-state index is 0.134. The predicted molar refractivity (Wildman–Crippen MR) is 55.2 cm³/mol. The summed E-state index contributed by atoms with van der Waals surface area (Å²) in [4.78, 5) is 13.4. The second-order valence-corrected chi connectivity index (χ2v) is 4.22. The Morgan fingerprint density at radius 3 is 2.79 bits per heavy atom. The van der Waals surface area contributed by atoms with Gasteiger partial charge in [-0.05, 0) is 38.3 Å². The summed E-state index contributed by atoms with van der Waals surface area (Å²) >= 11 is 0. The number of carbonyl (C=O) groups is 1. The van der Waals surface area contributed by atoms with Crippen LogP contribution < -0.4 is 10.6 Å². The first-order chi connectivity index (χ1) is 6.86. The van der Waals surface area contributed by atoms with E-state index in [-0.39, 0.29) is 6.03 Å². The van der Waals surface area contributed by atoms with Gasteiger partial charge >= 0.3 is 6.03 Å². The van der Waals surface area contributed by atoms with Crippen LogP contribution in [0.5, 0.6) is 0 Å². The fraction of sp³-hybridized carbons (Fsp3) is 0.900. The van der Waals surface area contributed by atoms with Crippen molar-refractivity contribution in [2.75, 3.05) is 32.7 Å². The van der Waals surface area contributed by atoms with Crippen molar-refractivity contribution >= 4 is 6.03 Å². The number of urea groups is 1. The normalized spacial score (nSPS) is 24.9. The van der Waals surface area contributed by atoms with Crippen molar-refractivity contribution in [3.05, 3.63) is 0 Å². The molecule has 0 aliphatic carbocycles. The maximum atomic E-state index is 11.5. The van der Waals surface area contributed by atoms with Gasteiger partial charge in [0.2, 0.25) is 0 Å². The van der Waals surface area contributed by atoms with E-state index in [4.69, 9.17) is 0 Å². The lowest BCUT2D eigenvalue weighted by Crippen LogP contribution is -2.49. The molecular formula is C10H19N3O. The lowest BCUT2D eigenvalue weighted by atomic mass is 9.97. The van der Waals surface area contributed by atoms with E-state index < -0.39 is 0 Å². The quantitative estimate of drug-likeness (QED) is 0.673. The molecule has 0 aromatic heterocycles. The van der Waals surface area contributed by atoms with Crippen LogP contribution in [0.4, 0.5) is 4.79 Å². The smallest absolute Gasteiger partial charge is 0.317 e. The van der Waals surface area contributed by atoms with Crippen LogP contribution in [-0.4, -0.2) is 43.7 Å². The van der Waals surface area contributed by atoms with Crippen molar-refractivity contribution in [2.24, 2.45) is 5.92 Å². The SMILES string of the molecule is O=C1NCCCN1CC1CCNCC1. The fourth-order valence-corrected chi connectivity index (χ4v) is 2.23. The zero-order valence-corrected chi connectivity index (χ0v) is 8.59. The molecule has 2 heterocycles. The second-order valence-electron chi connectivity index (χ2n) is 4.22. The van der Waals surface area contributed by atoms with E-state index in [9.17, 15) is 4.79 Å². The lowest BCUT2D eigenvalue weighted by molar-refractivity contribution is 0.168. The fourth-order valence-electron chi connectivity index (χ4n) is 2.23. The Kier molecular flexibility index (Phi) is 3.24. The van der Waals surface area contributed by atoms with Gasteiger partial charge in [0, 0.05) is 19.6 Å². The number of hydrogen-bond acceptors (Lipinski definition) is 2. The molecule has 2 N–H and O–H groups in total. The summed E-state index contributed by atoms with van der Waals surface area (Å²) in [6, 6.07) is 0.134. The van der Waals surface area contributed by atoms with Gasteiger partial charge in [0.25, 0.3) is 0 Å². The molecule has 4 nitrogen and oxygen atoms in total. The number of amides is 2. The molecule has 0 aromatic carbocycles. The average molecular weight is 197 g/mol. The predicted octanol–water partition coefficient (Wildman–Crippen LogP) is 0.401. The number of nitrogens with one attached hydrogen (secondary N) is 2. The van der Waals surface area contributed by atoms with Crippen LogP contribution >= 0.6 is 0 Å². The van der Waals surface area contributed by atoms with Crippen LogP contribution in [0, 0.1) is 5.92 Å². The third-order valence-corrected chi connectivity index (χ3v) is 3.11. The highest BCUT2D eigenvalue weighted by Gasteiger charge is 2.22. The van der Waals surface area contributed by atoms with Crippen molar-refractivity contribution < 1.29 is 4.79 Å². The highest BCUT2D eigenvalue weighted by molar-refractivity contribution is 5.74. The molecule has 0 atom stereocenters. The van der Waals surface area contributed by atoms with Gasteiger partial charge in [-0.15, -0.1) is 0 Å². The maximum Gasteiger partial charge on any atom is 0.317 e. The zero-order chi connectivity index (χ0) is 9.80. The summed E-state index contributed by atoms with van der Waals surface area (Å²) < 4.78 is 0. The summed E-state index contributed by atoms with van der Waals surface area (Å²) in [6.45, 7) is 4.96. The molecule has 2 aliphatic rings. The molecule has 0 aromatic rings. The van der Waals surface area contributed by atoms with Crippen LogP contribution in [0.15, 0.2) is 0 Å². The van der Waals surface area contributed by atoms with Gasteiger partial charge < -0.3 is 15.5 Å². The third-order valence-electron chi connectivity index (χ3n) is 3.11. The third kappa shape index (κ3) is 2.38. The highest BCUT2D eigenvalue weighted by atomic mass is 16.2. The molecule has 0 radical (unpaired) electrons. The van der Waals surface area contributed by atoms with Crippen LogP contribution in [0.25, 0.3) is 0 Å². The monoisotopic (exact) mass is 197 g/mol. The van der Waals surface area contributed by atoms with Crippen molar-refractivity contribution in [3.8, 4) is 0 Å². The second kappa shape index (κ2) is 4.64. The van der Waals surface area contributed by atoms with E-state index in [0.717, 1.165) is 39.1 Å². The van der Waals surface area contributed by atoms with Crippen molar-refractivity contribution in [3.63, 3.8) is 0 Å². The molecular weight excluding hydrogens is 178 g/mol. The number of piperidine rings is 1. The summed E-state index contributed by atoms with van der Waals surface area (Å²) in [7, 11) is 0. The van der Waals surface area contributed by atoms with E-state index in [1.54, 1.807) is 0 Å². The number of hydrogen-bond donors (Lipinski definition) is 2. The molecule has 2 rings (SSSR count). The molecule has 2 amide bonds. The molecule has 0 unspecified atom stereocenters. The number of nitrogens with zero attached hydrogens (tertiary/aromatic N) is 1. The summed E-state index contributed by atoms with van der Waals surface area (Å²) in [6.07, 6.45) is 3.52. The Labute approximate surface area is 85.0 Å². The number of carbonyl (C=O) groups excluding carboxylic acids is 1. The Bertz CT molecular complexity index is 202. The van der Waals surface area contributed by atoms with Crippen LogP contribution in [-0.2, 0) is 0 Å². The molecule has 0 spiro atoms. The molecule has 0 bridgehead atoms. The van der Waals surface area contributed by atoms with Gasteiger partial charge in [-0.3, -0.25) is 0 Å². The van der Waals surface area contributed by atoms with Crippen molar-refractivity contribution in [1.29, 1.82) is 0 Å². The van der Waals surface area contributed by atoms with Crippen LogP contribution in [0.1, 0.15) is 19.3 Å². The molecule has 0 saturated carbocycles. The van der Waals surface area contributed by atoms with E-state index in [1.807, 2.05) is 4.90 Å². The van der Waals surface area contributed by atoms with Crippen molar-refractivity contribution in [2.45, 2.75) is 19.3 Å². The standard InChI is InChI=1S/C10H19N3O/c14-10-12-4-1-7-13(10)8-9-2-5-11-6-3-9/h9,11H,1-8H2,(H,12,14). The van der Waals surface area contributed by atoms with Gasteiger partial charge in [-0.1, -0.05) is 0 Å². The topological polar surface area (TPSA) is 44.4 Å². The minimum atomic E-state index is 0.134. The minimum Gasteiger partial charge on any atom is -0.338 e. The van der Waals surface area contributed by atoms with Crippen LogP contribution in [0.3, 0.4) is 0 Å². The first-order valence-corrected chi connectivity index (χ1v) is 5.60. The Balaban J connectivity index is 1.79. The molecule has 2 aliphatic heterocycles. The van der Waals surface area contributed by atoms with E-state index in [1.165, 1.54) is 12.8 Å². The molecule has 2 saturated heterocycles. The summed E-state index contributed by atoms with van der Waals surface area (Å²) in [5, 5.41) is 6.24. The Morgan fingerprint density at radius 2 is 2.07 bits per heavy atom. The molecule has 2 fully saturated rings. The maximum absolute atomic E-state index is 11.5. The Morgan fingerprint density at radius 1 is 1.29 bits per heavy atom. The Hall–Kier alpha value is -0.770. The van der Waals surface area contributed by atoms with Gasteiger partial charge in [0.1, 0.15) is 0 Å². The van der Waals surface area contributed by atoms with Gasteiger partial charge in [0.05, 0.1) is 0 Å². The van der Waals surface area contributed by atoms with Crippen molar-refractivity contribution in [1.82, 2.24) is 15.5 Å². The lowest BCUT2D eigenvalue weighted by Gasteiger charge is -2.32. The van der Waals surface area contributed by atoms with E-state index in [0.29, 0.717) is 5.92 Å². The number of rotatable bonds is 2. The first kappa shape index (κ1) is 9.77. The molecule has 4 heteroatoms. The van der Waals surface area contributed by atoms with E-state index in [2.05, 4.69) is 10.6 Å². The highest BCUT2D eigenvalue weighted by Crippen LogP contribution is 2.14.